The number of benzene rings is 1. The Labute approximate surface area is 112 Å². The van der Waals surface area contributed by atoms with Gasteiger partial charge < -0.3 is 9.80 Å². The van der Waals surface area contributed by atoms with E-state index in [1.807, 2.05) is 0 Å². The van der Waals surface area contributed by atoms with Gasteiger partial charge in [0.25, 0.3) is 0 Å². The SMILES string of the molecule is C[C@H](CN(C)C1CCN(C)CC1)c1ccccc1. The Kier molecular flexibility index (Phi) is 4.79. The Bertz CT molecular complexity index is 341. The van der Waals surface area contributed by atoms with Crippen molar-refractivity contribution in [1.29, 1.82) is 0 Å². The zero-order chi connectivity index (χ0) is 13.0. The molecule has 1 aliphatic rings. The minimum atomic E-state index is 0.621. The van der Waals surface area contributed by atoms with Crippen LogP contribution >= 0.6 is 0 Å². The number of hydrogen-bond acceptors (Lipinski definition) is 2. The Morgan fingerprint density at radius 2 is 1.83 bits per heavy atom. The van der Waals surface area contributed by atoms with Crippen LogP contribution < -0.4 is 0 Å². The van der Waals surface area contributed by atoms with E-state index in [4.69, 9.17) is 0 Å². The fourth-order valence-electron chi connectivity index (χ4n) is 2.90. The second kappa shape index (κ2) is 6.35. The molecule has 0 amide bonds. The smallest absolute Gasteiger partial charge is 0.0117 e. The summed E-state index contributed by atoms with van der Waals surface area (Å²) in [6, 6.07) is 11.6. The lowest BCUT2D eigenvalue weighted by Crippen LogP contribution is -2.43. The largest absolute Gasteiger partial charge is 0.306 e. The molecule has 0 aromatic heterocycles. The molecule has 2 heteroatoms. The minimum Gasteiger partial charge on any atom is -0.306 e. The van der Waals surface area contributed by atoms with Gasteiger partial charge in [-0.2, -0.15) is 0 Å². The first-order chi connectivity index (χ1) is 8.66. The number of likely N-dealkylation sites (N-methyl/N-ethyl adjacent to an activating group) is 1. The molecule has 0 radical (unpaired) electrons. The third-order valence-electron chi connectivity index (χ3n) is 4.24. The number of likely N-dealkylation sites (tertiary alicyclic amines) is 1. The second-order valence-corrected chi connectivity index (χ2v) is 5.79. The van der Waals surface area contributed by atoms with Gasteiger partial charge in [-0.1, -0.05) is 37.3 Å². The Morgan fingerprint density at radius 3 is 2.44 bits per heavy atom. The molecule has 1 aliphatic heterocycles. The zero-order valence-corrected chi connectivity index (χ0v) is 12.0. The molecule has 2 nitrogen and oxygen atoms in total. The molecule has 0 unspecified atom stereocenters. The summed E-state index contributed by atoms with van der Waals surface area (Å²) in [6.07, 6.45) is 2.63. The van der Waals surface area contributed by atoms with Crippen molar-refractivity contribution < 1.29 is 0 Å². The lowest BCUT2D eigenvalue weighted by molar-refractivity contribution is 0.140. The molecule has 2 rings (SSSR count). The summed E-state index contributed by atoms with van der Waals surface area (Å²) in [6.45, 7) is 5.99. The second-order valence-electron chi connectivity index (χ2n) is 5.79. The van der Waals surface area contributed by atoms with Crippen molar-refractivity contribution in [2.24, 2.45) is 0 Å². The van der Waals surface area contributed by atoms with E-state index in [9.17, 15) is 0 Å². The van der Waals surface area contributed by atoms with Gasteiger partial charge in [-0.15, -0.1) is 0 Å². The van der Waals surface area contributed by atoms with Crippen LogP contribution in [0.1, 0.15) is 31.2 Å². The summed E-state index contributed by atoms with van der Waals surface area (Å²) in [5.41, 5.74) is 1.46. The summed E-state index contributed by atoms with van der Waals surface area (Å²) in [5.74, 6) is 0.621. The molecule has 1 heterocycles. The topological polar surface area (TPSA) is 6.48 Å². The quantitative estimate of drug-likeness (QED) is 0.806. The molecule has 0 saturated carbocycles. The molecule has 100 valence electrons. The van der Waals surface area contributed by atoms with Gasteiger partial charge in [0, 0.05) is 12.6 Å². The highest BCUT2D eigenvalue weighted by atomic mass is 15.2. The average Bonchev–Trinajstić information content (AvgIpc) is 2.40. The highest BCUT2D eigenvalue weighted by Gasteiger charge is 2.21. The van der Waals surface area contributed by atoms with Crippen LogP contribution in [0.15, 0.2) is 30.3 Å². The van der Waals surface area contributed by atoms with E-state index in [2.05, 4.69) is 61.2 Å². The van der Waals surface area contributed by atoms with Gasteiger partial charge in [0.15, 0.2) is 0 Å². The molecule has 0 N–H and O–H groups in total. The van der Waals surface area contributed by atoms with Crippen LogP contribution in [0.3, 0.4) is 0 Å². The normalized spacial score (nSPS) is 20.2. The van der Waals surface area contributed by atoms with E-state index in [-0.39, 0.29) is 0 Å². The van der Waals surface area contributed by atoms with E-state index < -0.39 is 0 Å². The summed E-state index contributed by atoms with van der Waals surface area (Å²) in [4.78, 5) is 5.00. The first-order valence-electron chi connectivity index (χ1n) is 7.10. The molecule has 0 aliphatic carbocycles. The van der Waals surface area contributed by atoms with Crippen molar-refractivity contribution >= 4 is 0 Å². The Hall–Kier alpha value is -0.860. The number of nitrogens with zero attached hydrogens (tertiary/aromatic N) is 2. The maximum Gasteiger partial charge on any atom is 0.0117 e. The summed E-state index contributed by atoms with van der Waals surface area (Å²) in [5, 5.41) is 0. The number of rotatable bonds is 4. The molecule has 1 atom stereocenters. The molecule has 18 heavy (non-hydrogen) atoms. The predicted octanol–water partition coefficient (Wildman–Crippen LogP) is 2.82. The summed E-state index contributed by atoms with van der Waals surface area (Å²) >= 11 is 0. The van der Waals surface area contributed by atoms with E-state index in [1.165, 1.54) is 38.0 Å². The zero-order valence-electron chi connectivity index (χ0n) is 12.0. The highest BCUT2D eigenvalue weighted by Crippen LogP contribution is 2.20. The van der Waals surface area contributed by atoms with Gasteiger partial charge in [-0.05, 0) is 51.5 Å². The van der Waals surface area contributed by atoms with Crippen molar-refractivity contribution in [3.05, 3.63) is 35.9 Å². The maximum absolute atomic E-state index is 2.56. The molecule has 1 saturated heterocycles. The molecule has 0 bridgehead atoms. The van der Waals surface area contributed by atoms with Gasteiger partial charge in [-0.25, -0.2) is 0 Å². The molecule has 1 aromatic carbocycles. The van der Waals surface area contributed by atoms with Gasteiger partial charge >= 0.3 is 0 Å². The highest BCUT2D eigenvalue weighted by molar-refractivity contribution is 5.19. The van der Waals surface area contributed by atoms with Gasteiger partial charge in [0.1, 0.15) is 0 Å². The van der Waals surface area contributed by atoms with E-state index in [0.29, 0.717) is 5.92 Å². The van der Waals surface area contributed by atoms with Gasteiger partial charge in [0.2, 0.25) is 0 Å². The predicted molar refractivity (Wildman–Crippen MR) is 78.0 cm³/mol. The summed E-state index contributed by atoms with van der Waals surface area (Å²) in [7, 11) is 4.51. The third kappa shape index (κ3) is 3.56. The van der Waals surface area contributed by atoms with Crippen LogP contribution in [0.4, 0.5) is 0 Å². The fraction of sp³-hybridized carbons (Fsp3) is 0.625. The van der Waals surface area contributed by atoms with Crippen LogP contribution in [-0.2, 0) is 0 Å². The monoisotopic (exact) mass is 246 g/mol. The van der Waals surface area contributed by atoms with Crippen molar-refractivity contribution in [2.45, 2.75) is 31.7 Å². The van der Waals surface area contributed by atoms with E-state index in [0.717, 1.165) is 6.04 Å². The Morgan fingerprint density at radius 1 is 1.22 bits per heavy atom. The van der Waals surface area contributed by atoms with Crippen molar-refractivity contribution in [3.8, 4) is 0 Å². The first kappa shape index (κ1) is 13.6. The van der Waals surface area contributed by atoms with E-state index in [1.54, 1.807) is 0 Å². The molecular formula is C16H26N2. The van der Waals surface area contributed by atoms with Crippen LogP contribution in [0.5, 0.6) is 0 Å². The lowest BCUT2D eigenvalue weighted by atomic mass is 9.98. The average molecular weight is 246 g/mol. The minimum absolute atomic E-state index is 0.621. The fourth-order valence-corrected chi connectivity index (χ4v) is 2.90. The molecular weight excluding hydrogens is 220 g/mol. The molecule has 0 spiro atoms. The van der Waals surface area contributed by atoms with Crippen LogP contribution in [0, 0.1) is 0 Å². The van der Waals surface area contributed by atoms with Crippen molar-refractivity contribution in [1.82, 2.24) is 9.80 Å². The van der Waals surface area contributed by atoms with Crippen LogP contribution in [-0.4, -0.2) is 49.6 Å². The van der Waals surface area contributed by atoms with Crippen molar-refractivity contribution in [3.63, 3.8) is 0 Å². The maximum atomic E-state index is 2.56. The first-order valence-corrected chi connectivity index (χ1v) is 7.10. The third-order valence-corrected chi connectivity index (χ3v) is 4.24. The summed E-state index contributed by atoms with van der Waals surface area (Å²) < 4.78 is 0. The molecule has 1 aromatic rings. The van der Waals surface area contributed by atoms with Gasteiger partial charge in [-0.3, -0.25) is 0 Å². The lowest BCUT2D eigenvalue weighted by Gasteiger charge is -2.36. The number of piperidine rings is 1. The Balaban J connectivity index is 1.85. The standard InChI is InChI=1S/C16H26N2/c1-14(15-7-5-4-6-8-15)13-18(3)16-9-11-17(2)12-10-16/h4-8,14,16H,9-13H2,1-3H3/t14-/m1/s1. The van der Waals surface area contributed by atoms with E-state index >= 15 is 0 Å². The van der Waals surface area contributed by atoms with Gasteiger partial charge in [0.05, 0.1) is 0 Å². The van der Waals surface area contributed by atoms with Crippen LogP contribution in [0.25, 0.3) is 0 Å². The molecule has 1 fully saturated rings. The van der Waals surface area contributed by atoms with Crippen LogP contribution in [0.2, 0.25) is 0 Å². The van der Waals surface area contributed by atoms with Crippen molar-refractivity contribution in [2.75, 3.05) is 33.7 Å². The number of hydrogen-bond donors (Lipinski definition) is 0.